The second-order valence-electron chi connectivity index (χ2n) is 5.38. The summed E-state index contributed by atoms with van der Waals surface area (Å²) in [5, 5.41) is 9.00. The molecule has 3 rings (SSSR count). The first-order valence-corrected chi connectivity index (χ1v) is 7.28. The summed E-state index contributed by atoms with van der Waals surface area (Å²) in [6, 6.07) is 6.84. The van der Waals surface area contributed by atoms with Gasteiger partial charge in [0, 0.05) is 20.2 Å². The van der Waals surface area contributed by atoms with Gasteiger partial charge in [-0.15, -0.1) is 0 Å². The van der Waals surface area contributed by atoms with Gasteiger partial charge in [0.1, 0.15) is 17.2 Å². The Bertz CT molecular complexity index is 923. The van der Waals surface area contributed by atoms with Crippen LogP contribution >= 0.6 is 0 Å². The third-order valence-electron chi connectivity index (χ3n) is 3.93. The Kier molecular flexibility index (Phi) is 3.70. The molecule has 0 aliphatic rings. The van der Waals surface area contributed by atoms with E-state index in [0.29, 0.717) is 23.5 Å². The number of nitrogens with zero attached hydrogens (tertiary/aromatic N) is 5. The van der Waals surface area contributed by atoms with E-state index in [1.807, 2.05) is 30.7 Å². The number of aromatic nitrogens is 3. The monoisotopic (exact) mass is 309 g/mol. The second-order valence-corrected chi connectivity index (χ2v) is 5.38. The molecule has 116 valence electrons. The third-order valence-corrected chi connectivity index (χ3v) is 3.93. The van der Waals surface area contributed by atoms with Gasteiger partial charge >= 0.3 is 0 Å². The molecule has 0 saturated heterocycles. The first-order chi connectivity index (χ1) is 11.0. The van der Waals surface area contributed by atoms with Crippen LogP contribution in [0.2, 0.25) is 0 Å². The standard InChI is InChI=1S/C17H16FN5/c1-4-12-5-11(8-19)6-13(18)17(12)23(3)16-7-15-14(9-20-16)21-10-22(15)2/h5-7,9-10H,4H2,1-3H3. The van der Waals surface area contributed by atoms with Crippen LogP contribution in [0.3, 0.4) is 0 Å². The Balaban J connectivity index is 2.13. The zero-order valence-corrected chi connectivity index (χ0v) is 13.2. The van der Waals surface area contributed by atoms with Crippen LogP contribution in [-0.2, 0) is 13.5 Å². The van der Waals surface area contributed by atoms with Crippen LogP contribution in [0.1, 0.15) is 18.1 Å². The van der Waals surface area contributed by atoms with Gasteiger partial charge in [0.05, 0.1) is 35.4 Å². The molecule has 0 fully saturated rings. The number of fused-ring (bicyclic) bond motifs is 1. The molecule has 23 heavy (non-hydrogen) atoms. The minimum Gasteiger partial charge on any atom is -0.334 e. The molecule has 0 saturated carbocycles. The van der Waals surface area contributed by atoms with Crippen molar-refractivity contribution in [1.29, 1.82) is 5.26 Å². The van der Waals surface area contributed by atoms with Crippen molar-refractivity contribution in [2.24, 2.45) is 7.05 Å². The van der Waals surface area contributed by atoms with Crippen LogP contribution < -0.4 is 4.90 Å². The zero-order chi connectivity index (χ0) is 16.6. The van der Waals surface area contributed by atoms with Gasteiger partial charge in [0.25, 0.3) is 0 Å². The number of imidazole rings is 1. The van der Waals surface area contributed by atoms with Gasteiger partial charge in [-0.25, -0.2) is 14.4 Å². The number of rotatable bonds is 3. The van der Waals surface area contributed by atoms with E-state index in [-0.39, 0.29) is 0 Å². The van der Waals surface area contributed by atoms with E-state index in [9.17, 15) is 4.39 Å². The lowest BCUT2D eigenvalue weighted by Crippen LogP contribution is -2.15. The van der Waals surface area contributed by atoms with Gasteiger partial charge in [-0.1, -0.05) is 6.92 Å². The van der Waals surface area contributed by atoms with Crippen LogP contribution in [0.15, 0.2) is 30.7 Å². The average molecular weight is 309 g/mol. The smallest absolute Gasteiger partial charge is 0.148 e. The molecule has 0 atom stereocenters. The number of halogens is 1. The van der Waals surface area contributed by atoms with Crippen LogP contribution in [-0.4, -0.2) is 21.6 Å². The van der Waals surface area contributed by atoms with Gasteiger partial charge < -0.3 is 9.47 Å². The number of aryl methyl sites for hydroxylation is 2. The number of benzene rings is 1. The summed E-state index contributed by atoms with van der Waals surface area (Å²) in [4.78, 5) is 10.3. The average Bonchev–Trinajstić information content (AvgIpc) is 2.94. The number of nitriles is 1. The van der Waals surface area contributed by atoms with Crippen LogP contribution in [0.5, 0.6) is 0 Å². The molecule has 0 spiro atoms. The van der Waals surface area contributed by atoms with Crippen LogP contribution in [0.4, 0.5) is 15.9 Å². The molecule has 0 amide bonds. The Hall–Kier alpha value is -2.94. The largest absolute Gasteiger partial charge is 0.334 e. The first-order valence-electron chi connectivity index (χ1n) is 7.28. The lowest BCUT2D eigenvalue weighted by molar-refractivity contribution is 0.624. The zero-order valence-electron chi connectivity index (χ0n) is 13.2. The molecular formula is C17H16FN5. The van der Waals surface area contributed by atoms with Gasteiger partial charge in [0.15, 0.2) is 0 Å². The van der Waals surface area contributed by atoms with E-state index < -0.39 is 5.82 Å². The summed E-state index contributed by atoms with van der Waals surface area (Å²) in [5.41, 5.74) is 3.26. The molecule has 1 aromatic carbocycles. The van der Waals surface area contributed by atoms with E-state index in [1.54, 1.807) is 30.5 Å². The fourth-order valence-electron chi connectivity index (χ4n) is 2.68. The highest BCUT2D eigenvalue weighted by molar-refractivity contribution is 5.79. The molecule has 2 aromatic heterocycles. The van der Waals surface area contributed by atoms with E-state index in [4.69, 9.17) is 5.26 Å². The van der Waals surface area contributed by atoms with E-state index >= 15 is 0 Å². The van der Waals surface area contributed by atoms with E-state index in [2.05, 4.69) is 9.97 Å². The van der Waals surface area contributed by atoms with E-state index in [0.717, 1.165) is 16.6 Å². The fraction of sp³-hybridized carbons (Fsp3) is 0.235. The van der Waals surface area contributed by atoms with Crippen molar-refractivity contribution in [3.05, 3.63) is 47.7 Å². The molecular weight excluding hydrogens is 293 g/mol. The van der Waals surface area contributed by atoms with E-state index in [1.165, 1.54) is 6.07 Å². The maximum Gasteiger partial charge on any atom is 0.148 e. The second kappa shape index (κ2) is 5.69. The van der Waals surface area contributed by atoms with Crippen molar-refractivity contribution in [3.63, 3.8) is 0 Å². The molecule has 0 unspecified atom stereocenters. The SMILES string of the molecule is CCc1cc(C#N)cc(F)c1N(C)c1cc2c(cn1)ncn2C. The fourth-order valence-corrected chi connectivity index (χ4v) is 2.68. The molecule has 0 aliphatic heterocycles. The first kappa shape index (κ1) is 15.0. The quantitative estimate of drug-likeness (QED) is 0.745. The van der Waals surface area contributed by atoms with Crippen molar-refractivity contribution in [3.8, 4) is 6.07 Å². The number of hydrogen-bond donors (Lipinski definition) is 0. The Labute approximate surface area is 133 Å². The lowest BCUT2D eigenvalue weighted by atomic mass is 10.1. The molecule has 0 N–H and O–H groups in total. The molecule has 0 aliphatic carbocycles. The van der Waals surface area contributed by atoms with Crippen molar-refractivity contribution in [2.45, 2.75) is 13.3 Å². The maximum atomic E-state index is 14.5. The summed E-state index contributed by atoms with van der Waals surface area (Å²) in [6.45, 7) is 1.94. The Morgan fingerprint density at radius 1 is 1.30 bits per heavy atom. The summed E-state index contributed by atoms with van der Waals surface area (Å²) >= 11 is 0. The van der Waals surface area contributed by atoms with Crippen molar-refractivity contribution in [2.75, 3.05) is 11.9 Å². The topological polar surface area (TPSA) is 57.7 Å². The minimum absolute atomic E-state index is 0.326. The van der Waals surface area contributed by atoms with Crippen molar-refractivity contribution >= 4 is 22.5 Å². The highest BCUT2D eigenvalue weighted by atomic mass is 19.1. The molecule has 0 bridgehead atoms. The Morgan fingerprint density at radius 2 is 2.09 bits per heavy atom. The summed E-state index contributed by atoms with van der Waals surface area (Å²) in [6.07, 6.45) is 4.02. The minimum atomic E-state index is -0.421. The highest BCUT2D eigenvalue weighted by Gasteiger charge is 2.17. The molecule has 5 nitrogen and oxygen atoms in total. The Morgan fingerprint density at radius 3 is 2.78 bits per heavy atom. The molecule has 3 aromatic rings. The summed E-state index contributed by atoms with van der Waals surface area (Å²) in [7, 11) is 3.67. The summed E-state index contributed by atoms with van der Waals surface area (Å²) < 4.78 is 16.4. The van der Waals surface area contributed by atoms with Gasteiger partial charge in [-0.2, -0.15) is 5.26 Å². The van der Waals surface area contributed by atoms with Crippen LogP contribution in [0, 0.1) is 17.1 Å². The van der Waals surface area contributed by atoms with Crippen LogP contribution in [0.25, 0.3) is 11.0 Å². The van der Waals surface area contributed by atoms with Crippen molar-refractivity contribution in [1.82, 2.24) is 14.5 Å². The van der Waals surface area contributed by atoms with Gasteiger partial charge in [-0.3, -0.25) is 0 Å². The normalized spacial score (nSPS) is 10.7. The molecule has 2 heterocycles. The molecule has 0 radical (unpaired) electrons. The maximum absolute atomic E-state index is 14.5. The summed E-state index contributed by atoms with van der Waals surface area (Å²) in [5.74, 6) is 0.203. The van der Waals surface area contributed by atoms with Crippen molar-refractivity contribution < 1.29 is 4.39 Å². The lowest BCUT2D eigenvalue weighted by Gasteiger charge is -2.22. The number of pyridine rings is 1. The highest BCUT2D eigenvalue weighted by Crippen LogP contribution is 2.31. The predicted octanol–water partition coefficient (Wildman–Crippen LogP) is 3.31. The van der Waals surface area contributed by atoms with Gasteiger partial charge in [0.2, 0.25) is 0 Å². The van der Waals surface area contributed by atoms with Gasteiger partial charge in [-0.05, 0) is 24.1 Å². The third kappa shape index (κ3) is 2.50. The number of hydrogen-bond acceptors (Lipinski definition) is 4. The number of anilines is 2. The predicted molar refractivity (Wildman–Crippen MR) is 87.1 cm³/mol. The molecule has 6 heteroatoms.